The van der Waals surface area contributed by atoms with Gasteiger partial charge in [0.2, 0.25) is 5.88 Å². The van der Waals surface area contributed by atoms with E-state index in [-0.39, 0.29) is 0 Å². The van der Waals surface area contributed by atoms with Crippen molar-refractivity contribution < 1.29 is 9.47 Å². The summed E-state index contributed by atoms with van der Waals surface area (Å²) >= 11 is 6.21. The van der Waals surface area contributed by atoms with E-state index in [0.717, 1.165) is 73.3 Å². The number of pyridine rings is 2. The fraction of sp³-hybridized carbons (Fsp3) is 0.400. The van der Waals surface area contributed by atoms with Crippen LogP contribution in [0.3, 0.4) is 0 Å². The Balaban J connectivity index is 0.000000192. The summed E-state index contributed by atoms with van der Waals surface area (Å²) in [4.78, 5) is 31.3. The molecule has 7 rings (SSSR count). The molecule has 0 unspecified atom stereocenters. The highest BCUT2D eigenvalue weighted by molar-refractivity contribution is 6.29. The number of hydrogen-bond acceptors (Lipinski definition) is 12. The Morgan fingerprint density at radius 3 is 1.72 bits per heavy atom. The second-order valence-electron chi connectivity index (χ2n) is 13.9. The fourth-order valence-electron chi connectivity index (χ4n) is 6.22. The van der Waals surface area contributed by atoms with Gasteiger partial charge in [-0.25, -0.2) is 15.0 Å². The van der Waals surface area contributed by atoms with E-state index in [1.165, 1.54) is 0 Å². The van der Waals surface area contributed by atoms with Crippen LogP contribution in [0.5, 0.6) is 11.6 Å². The average Bonchev–Trinajstić information content (AvgIpc) is 3.21. The average molecular weight is 737 g/mol. The van der Waals surface area contributed by atoms with Crippen LogP contribution in [-0.4, -0.2) is 88.4 Å². The molecule has 6 heterocycles. The molecule has 2 saturated heterocycles. The number of aromatic nitrogens is 6. The molecule has 2 fully saturated rings. The van der Waals surface area contributed by atoms with Crippen LogP contribution in [0.2, 0.25) is 5.15 Å². The van der Waals surface area contributed by atoms with E-state index in [9.17, 15) is 0 Å². The molecule has 0 saturated carbocycles. The molecule has 0 spiro atoms. The molecule has 53 heavy (non-hydrogen) atoms. The number of piperazine rings is 2. The van der Waals surface area contributed by atoms with Crippen molar-refractivity contribution in [3.05, 3.63) is 96.2 Å². The lowest BCUT2D eigenvalue weighted by Crippen LogP contribution is -2.53. The predicted molar refractivity (Wildman–Crippen MR) is 211 cm³/mol. The molecule has 2 atom stereocenters. The number of rotatable bonds is 10. The minimum absolute atomic E-state index is 0.423. The van der Waals surface area contributed by atoms with Gasteiger partial charge in [-0.15, -0.1) is 0 Å². The van der Waals surface area contributed by atoms with Gasteiger partial charge in [0.05, 0.1) is 7.11 Å². The SMILES string of the molecule is CC(C)[C@H]1CN(c2cc(Cl)nc(-c3ccncc3)n2)CCN1.COc1ccc(COc2cc(N3CCN[C@@H](C(C)C)C3)nc(-c3ccncc3)n2)cc1. The maximum Gasteiger partial charge on any atom is 0.219 e. The highest BCUT2D eigenvalue weighted by atomic mass is 35.5. The lowest BCUT2D eigenvalue weighted by molar-refractivity contribution is 0.293. The van der Waals surface area contributed by atoms with Gasteiger partial charge < -0.3 is 29.9 Å². The van der Waals surface area contributed by atoms with Crippen molar-refractivity contribution in [1.82, 2.24) is 40.5 Å². The van der Waals surface area contributed by atoms with Crippen LogP contribution >= 0.6 is 11.6 Å². The standard InChI is InChI=1S/C24H29N5O2.C16H20ClN5/c1-17(2)21-15-29(13-12-26-21)22-14-23(28-24(27-22)19-8-10-25-11-9-19)31-16-18-4-6-20(30-3)7-5-18;1-11(2)13-10-22(8-7-19-13)15-9-14(17)20-16(21-15)12-3-5-18-6-4-12/h4-11,14,17,21,26H,12-13,15-16H2,1-3H3;3-6,9,11,13,19H,7-8,10H2,1-2H3/t21-;13-/m11/s1. The molecule has 12 nitrogen and oxygen atoms in total. The monoisotopic (exact) mass is 736 g/mol. The Hall–Kier alpha value is -4.91. The zero-order chi connectivity index (χ0) is 37.2. The van der Waals surface area contributed by atoms with Gasteiger partial charge >= 0.3 is 0 Å². The summed E-state index contributed by atoms with van der Waals surface area (Å²) in [7, 11) is 1.66. The largest absolute Gasteiger partial charge is 0.497 e. The van der Waals surface area contributed by atoms with Crippen LogP contribution < -0.4 is 29.9 Å². The minimum atomic E-state index is 0.423. The van der Waals surface area contributed by atoms with Gasteiger partial charge in [0.1, 0.15) is 29.1 Å². The fourth-order valence-corrected chi connectivity index (χ4v) is 6.40. The van der Waals surface area contributed by atoms with E-state index >= 15 is 0 Å². The maximum atomic E-state index is 6.21. The molecular weight excluding hydrogens is 688 g/mol. The van der Waals surface area contributed by atoms with Crippen molar-refractivity contribution in [1.29, 1.82) is 0 Å². The number of ether oxygens (including phenoxy) is 2. The Bertz CT molecular complexity index is 1880. The number of anilines is 2. The molecule has 278 valence electrons. The lowest BCUT2D eigenvalue weighted by atomic mass is 10.0. The van der Waals surface area contributed by atoms with Crippen LogP contribution in [0.4, 0.5) is 11.6 Å². The molecule has 2 aliphatic heterocycles. The molecule has 5 aromatic rings. The second-order valence-corrected chi connectivity index (χ2v) is 14.3. The summed E-state index contributed by atoms with van der Waals surface area (Å²) in [6.07, 6.45) is 6.98. The first-order valence-electron chi connectivity index (χ1n) is 18.2. The van der Waals surface area contributed by atoms with Crippen molar-refractivity contribution in [3.8, 4) is 34.4 Å². The molecule has 0 aliphatic carbocycles. The highest BCUT2D eigenvalue weighted by Crippen LogP contribution is 2.27. The lowest BCUT2D eigenvalue weighted by Gasteiger charge is -2.36. The van der Waals surface area contributed by atoms with Gasteiger partial charge in [-0.05, 0) is 53.8 Å². The number of methoxy groups -OCH3 is 1. The zero-order valence-electron chi connectivity index (χ0n) is 31.1. The maximum absolute atomic E-state index is 6.21. The van der Waals surface area contributed by atoms with Crippen molar-refractivity contribution in [3.63, 3.8) is 0 Å². The van der Waals surface area contributed by atoms with Crippen LogP contribution in [0.1, 0.15) is 33.3 Å². The molecule has 1 aromatic carbocycles. The van der Waals surface area contributed by atoms with Crippen LogP contribution in [0, 0.1) is 11.8 Å². The first-order valence-corrected chi connectivity index (χ1v) is 18.6. The molecule has 0 radical (unpaired) electrons. The van der Waals surface area contributed by atoms with E-state index in [1.54, 1.807) is 31.9 Å². The number of benzene rings is 1. The zero-order valence-corrected chi connectivity index (χ0v) is 31.9. The van der Waals surface area contributed by atoms with E-state index in [4.69, 9.17) is 31.0 Å². The number of halogens is 1. The van der Waals surface area contributed by atoms with Crippen molar-refractivity contribution in [2.75, 3.05) is 56.2 Å². The Morgan fingerprint density at radius 1 is 0.698 bits per heavy atom. The van der Waals surface area contributed by atoms with Crippen molar-refractivity contribution in [2.24, 2.45) is 11.8 Å². The van der Waals surface area contributed by atoms with Gasteiger partial charge in [-0.2, -0.15) is 4.98 Å². The topological polar surface area (TPSA) is 126 Å². The smallest absolute Gasteiger partial charge is 0.219 e. The number of nitrogens with zero attached hydrogens (tertiary/aromatic N) is 8. The second kappa shape index (κ2) is 18.2. The van der Waals surface area contributed by atoms with Crippen LogP contribution in [0.15, 0.2) is 85.5 Å². The molecule has 0 bridgehead atoms. The van der Waals surface area contributed by atoms with Crippen LogP contribution in [0.25, 0.3) is 22.8 Å². The Kier molecular flexibility index (Phi) is 13.0. The quantitative estimate of drug-likeness (QED) is 0.159. The summed E-state index contributed by atoms with van der Waals surface area (Å²) in [5.41, 5.74) is 2.89. The van der Waals surface area contributed by atoms with Gasteiger partial charge in [0.25, 0.3) is 0 Å². The van der Waals surface area contributed by atoms with Crippen molar-refractivity contribution >= 4 is 23.2 Å². The van der Waals surface area contributed by atoms with Crippen LogP contribution in [-0.2, 0) is 6.61 Å². The predicted octanol–water partition coefficient (Wildman–Crippen LogP) is 6.19. The third-order valence-corrected chi connectivity index (χ3v) is 9.66. The molecule has 2 aliphatic rings. The third-order valence-electron chi connectivity index (χ3n) is 9.46. The van der Waals surface area contributed by atoms with E-state index in [2.05, 4.69) is 68.1 Å². The van der Waals surface area contributed by atoms with Crippen molar-refractivity contribution in [2.45, 2.75) is 46.4 Å². The van der Waals surface area contributed by atoms with E-state index < -0.39 is 0 Å². The normalized spacial score (nSPS) is 17.4. The third kappa shape index (κ3) is 10.4. The Labute approximate surface area is 317 Å². The van der Waals surface area contributed by atoms with Gasteiger partial charge in [0.15, 0.2) is 11.6 Å². The van der Waals surface area contributed by atoms with E-state index in [0.29, 0.717) is 53.2 Å². The first kappa shape index (κ1) is 37.8. The summed E-state index contributed by atoms with van der Waals surface area (Å²) in [5, 5.41) is 7.62. The molecule has 2 N–H and O–H groups in total. The van der Waals surface area contributed by atoms with Gasteiger partial charge in [-0.1, -0.05) is 51.4 Å². The molecular formula is C40H49ClN10O2. The summed E-state index contributed by atoms with van der Waals surface area (Å²) in [5.74, 6) is 5.58. The van der Waals surface area contributed by atoms with E-state index in [1.807, 2.05) is 60.7 Å². The summed E-state index contributed by atoms with van der Waals surface area (Å²) < 4.78 is 11.3. The minimum Gasteiger partial charge on any atom is -0.497 e. The number of hydrogen-bond donors (Lipinski definition) is 2. The molecule has 13 heteroatoms. The highest BCUT2D eigenvalue weighted by Gasteiger charge is 2.25. The number of nitrogens with one attached hydrogen (secondary N) is 2. The van der Waals surface area contributed by atoms with Gasteiger partial charge in [-0.3, -0.25) is 9.97 Å². The first-order chi connectivity index (χ1) is 25.7. The Morgan fingerprint density at radius 2 is 1.21 bits per heavy atom. The molecule has 0 amide bonds. The van der Waals surface area contributed by atoms with Gasteiger partial charge in [0, 0.05) is 99.4 Å². The summed E-state index contributed by atoms with van der Waals surface area (Å²) in [6, 6.07) is 20.1. The molecule has 4 aromatic heterocycles. The summed E-state index contributed by atoms with van der Waals surface area (Å²) in [6.45, 7) is 14.9.